The lowest BCUT2D eigenvalue weighted by molar-refractivity contribution is 0.0699. The lowest BCUT2D eigenvalue weighted by atomic mass is 10.0. The Morgan fingerprint density at radius 1 is 0.741 bits per heavy atom. The Hall–Kier alpha value is -4.04. The van der Waals surface area contributed by atoms with Crippen molar-refractivity contribution in [2.75, 3.05) is 11.5 Å². The number of aromatic carboxylic acids is 1. The number of nitrogens with zero attached hydrogens (tertiary/aromatic N) is 1. The third kappa shape index (κ3) is 3.51. The van der Waals surface area contributed by atoms with Crippen LogP contribution >= 0.6 is 0 Å². The van der Waals surface area contributed by atoms with Gasteiger partial charge in [0.25, 0.3) is 0 Å². The van der Waals surface area contributed by atoms with Crippen molar-refractivity contribution < 1.29 is 9.90 Å². The molecule has 4 aromatic carbocycles. The fourth-order valence-corrected chi connectivity index (χ4v) is 2.93. The Labute approximate surface area is 156 Å². The topological polar surface area (TPSA) is 113 Å². The van der Waals surface area contributed by atoms with Crippen molar-refractivity contribution >= 4 is 38.9 Å². The minimum atomic E-state index is -0.929. The van der Waals surface area contributed by atoms with Crippen LogP contribution in [0.1, 0.15) is 15.9 Å². The first-order valence-corrected chi connectivity index (χ1v) is 8.20. The number of nitrogen functional groups attached to an aromatic ring is 2. The number of fused-ring (bicyclic) bond motifs is 2. The molecule has 0 heterocycles. The summed E-state index contributed by atoms with van der Waals surface area (Å²) in [7, 11) is 0. The maximum Gasteiger partial charge on any atom is 0.336 e. The van der Waals surface area contributed by atoms with E-state index in [1.807, 2.05) is 36.4 Å². The molecular weight excluding hydrogens is 338 g/mol. The predicted octanol–water partition coefficient (Wildman–Crippen LogP) is 4.41. The molecule has 4 rings (SSSR count). The largest absolute Gasteiger partial charge is 0.478 e. The summed E-state index contributed by atoms with van der Waals surface area (Å²) in [5.41, 5.74) is 13.8. The highest BCUT2D eigenvalue weighted by Crippen LogP contribution is 2.24. The van der Waals surface area contributed by atoms with Gasteiger partial charge in [-0.3, -0.25) is 0 Å². The summed E-state index contributed by atoms with van der Waals surface area (Å²) in [5.74, 6) is -0.929. The van der Waals surface area contributed by atoms with E-state index >= 15 is 0 Å². The van der Waals surface area contributed by atoms with Crippen LogP contribution in [-0.2, 0) is 0 Å². The van der Waals surface area contributed by atoms with Crippen LogP contribution < -0.4 is 11.5 Å². The van der Waals surface area contributed by atoms with E-state index in [0.29, 0.717) is 16.6 Å². The Morgan fingerprint density at radius 3 is 1.78 bits per heavy atom. The number of hydrogen-bond donors (Lipinski definition) is 3. The second-order valence-electron chi connectivity index (χ2n) is 5.91. The Morgan fingerprint density at radius 2 is 1.22 bits per heavy atom. The molecule has 0 amide bonds. The van der Waals surface area contributed by atoms with Crippen molar-refractivity contribution in [2.24, 2.45) is 0 Å². The maximum absolute atomic E-state index is 10.9. The zero-order valence-corrected chi connectivity index (χ0v) is 14.4. The highest BCUT2D eigenvalue weighted by atomic mass is 16.4. The first kappa shape index (κ1) is 17.8. The molecule has 27 heavy (non-hydrogen) atoms. The number of carboxylic acid groups (broad SMARTS) is 1. The smallest absolute Gasteiger partial charge is 0.336 e. The monoisotopic (exact) mass is 355 g/mol. The number of carboxylic acids is 1. The van der Waals surface area contributed by atoms with E-state index in [9.17, 15) is 4.79 Å². The normalized spacial score (nSPS) is 10.0. The molecule has 0 atom stereocenters. The van der Waals surface area contributed by atoms with Crippen LogP contribution in [-0.4, -0.2) is 11.1 Å². The molecule has 0 fully saturated rings. The van der Waals surface area contributed by atoms with Gasteiger partial charge in [-0.05, 0) is 29.7 Å². The fraction of sp³-hybridized carbons (Fsp3) is 0. The number of carbonyl (C=O) groups is 1. The van der Waals surface area contributed by atoms with Gasteiger partial charge in [-0.15, -0.1) is 0 Å². The summed E-state index contributed by atoms with van der Waals surface area (Å²) in [6, 6.07) is 23.7. The van der Waals surface area contributed by atoms with E-state index in [4.69, 9.17) is 21.8 Å². The predicted molar refractivity (Wildman–Crippen MR) is 108 cm³/mol. The molecule has 0 saturated heterocycles. The van der Waals surface area contributed by atoms with Crippen LogP contribution in [0.25, 0.3) is 21.5 Å². The molecule has 0 aromatic heterocycles. The minimum Gasteiger partial charge on any atom is -0.478 e. The van der Waals surface area contributed by atoms with E-state index in [1.165, 1.54) is 6.07 Å². The number of anilines is 2. The van der Waals surface area contributed by atoms with Crippen LogP contribution in [0, 0.1) is 11.3 Å². The lowest BCUT2D eigenvalue weighted by Crippen LogP contribution is -1.98. The van der Waals surface area contributed by atoms with Crippen molar-refractivity contribution in [1.29, 1.82) is 5.26 Å². The molecule has 0 aliphatic rings. The standard InChI is InChI=1S/C11H8N2.C11H9NO2/c12-7-8-5-6-11(13)10-4-2-1-3-9(8)10;12-10-6-5-9(11(13)14)7-3-1-2-4-8(7)10/h1-6H,13H2;1-6H,12H2,(H,13,14). The van der Waals surface area contributed by atoms with Crippen molar-refractivity contribution in [3.8, 4) is 6.07 Å². The van der Waals surface area contributed by atoms with Crippen molar-refractivity contribution in [3.63, 3.8) is 0 Å². The molecule has 0 aliphatic carbocycles. The molecule has 0 radical (unpaired) electrons. The van der Waals surface area contributed by atoms with Gasteiger partial charge in [-0.25, -0.2) is 4.79 Å². The third-order valence-electron chi connectivity index (χ3n) is 4.27. The van der Waals surface area contributed by atoms with Gasteiger partial charge in [0, 0.05) is 27.5 Å². The minimum absolute atomic E-state index is 0.287. The third-order valence-corrected chi connectivity index (χ3v) is 4.27. The molecule has 0 saturated carbocycles. The maximum atomic E-state index is 10.9. The quantitative estimate of drug-likeness (QED) is 0.438. The van der Waals surface area contributed by atoms with E-state index in [0.717, 1.165) is 21.8 Å². The van der Waals surface area contributed by atoms with E-state index in [-0.39, 0.29) is 5.56 Å². The van der Waals surface area contributed by atoms with E-state index in [1.54, 1.807) is 30.3 Å². The average Bonchev–Trinajstić information content (AvgIpc) is 2.69. The summed E-state index contributed by atoms with van der Waals surface area (Å²) in [4.78, 5) is 10.9. The van der Waals surface area contributed by atoms with Gasteiger partial charge in [0.2, 0.25) is 0 Å². The highest BCUT2D eigenvalue weighted by Gasteiger charge is 2.08. The first-order chi connectivity index (χ1) is 13.0. The van der Waals surface area contributed by atoms with Crippen LogP contribution in [0.2, 0.25) is 0 Å². The highest BCUT2D eigenvalue weighted by molar-refractivity contribution is 6.07. The van der Waals surface area contributed by atoms with Crippen molar-refractivity contribution in [2.45, 2.75) is 0 Å². The SMILES string of the molecule is N#Cc1ccc(N)c2ccccc12.Nc1ccc(C(=O)O)c2ccccc12. The van der Waals surface area contributed by atoms with E-state index < -0.39 is 5.97 Å². The van der Waals surface area contributed by atoms with E-state index in [2.05, 4.69) is 6.07 Å². The molecule has 5 heteroatoms. The summed E-state index contributed by atoms with van der Waals surface area (Å²) < 4.78 is 0. The Kier molecular flexibility index (Phi) is 4.91. The Balaban J connectivity index is 0.000000156. The number of benzene rings is 4. The number of nitrogens with two attached hydrogens (primary N) is 2. The van der Waals surface area contributed by atoms with Crippen LogP contribution in [0.15, 0.2) is 72.8 Å². The van der Waals surface area contributed by atoms with Crippen molar-refractivity contribution in [1.82, 2.24) is 0 Å². The van der Waals surface area contributed by atoms with Gasteiger partial charge in [0.05, 0.1) is 17.2 Å². The molecule has 0 bridgehead atoms. The second kappa shape index (κ2) is 7.46. The zero-order chi connectivity index (χ0) is 19.4. The fourth-order valence-electron chi connectivity index (χ4n) is 2.93. The summed E-state index contributed by atoms with van der Waals surface area (Å²) in [6.45, 7) is 0. The van der Waals surface area contributed by atoms with Crippen LogP contribution in [0.3, 0.4) is 0 Å². The van der Waals surface area contributed by atoms with Gasteiger partial charge >= 0.3 is 5.97 Å². The number of hydrogen-bond acceptors (Lipinski definition) is 4. The molecule has 5 nitrogen and oxygen atoms in total. The molecule has 0 aliphatic heterocycles. The summed E-state index contributed by atoms with van der Waals surface area (Å²) in [6.07, 6.45) is 0. The molecule has 0 unspecified atom stereocenters. The van der Waals surface area contributed by atoms with Gasteiger partial charge in [-0.1, -0.05) is 48.5 Å². The average molecular weight is 355 g/mol. The second-order valence-corrected chi connectivity index (χ2v) is 5.91. The van der Waals surface area contributed by atoms with Gasteiger partial charge in [0.1, 0.15) is 0 Å². The molecule has 132 valence electrons. The number of rotatable bonds is 1. The molecule has 5 N–H and O–H groups in total. The van der Waals surface area contributed by atoms with Gasteiger partial charge < -0.3 is 16.6 Å². The summed E-state index contributed by atoms with van der Waals surface area (Å²) in [5, 5.41) is 21.1. The van der Waals surface area contributed by atoms with Crippen molar-refractivity contribution in [3.05, 3.63) is 83.9 Å². The first-order valence-electron chi connectivity index (χ1n) is 8.20. The molecule has 0 spiro atoms. The summed E-state index contributed by atoms with van der Waals surface area (Å²) >= 11 is 0. The van der Waals surface area contributed by atoms with Crippen LogP contribution in [0.5, 0.6) is 0 Å². The van der Waals surface area contributed by atoms with Gasteiger partial charge in [-0.2, -0.15) is 5.26 Å². The van der Waals surface area contributed by atoms with Crippen LogP contribution in [0.4, 0.5) is 11.4 Å². The Bertz CT molecular complexity index is 1190. The number of nitriles is 1. The molecular formula is C22H17N3O2. The van der Waals surface area contributed by atoms with Gasteiger partial charge in [0.15, 0.2) is 0 Å². The zero-order valence-electron chi connectivity index (χ0n) is 14.4. The molecule has 4 aromatic rings. The lowest BCUT2D eigenvalue weighted by Gasteiger charge is -2.04.